The smallest absolute Gasteiger partial charge is 0.169 e. The van der Waals surface area contributed by atoms with Gasteiger partial charge in [0.1, 0.15) is 17.0 Å². The van der Waals surface area contributed by atoms with Crippen molar-refractivity contribution < 1.29 is 0 Å². The molecule has 1 heterocycles. The molecule has 0 atom stereocenters. The molecule has 12 heavy (non-hydrogen) atoms. The van der Waals surface area contributed by atoms with Gasteiger partial charge in [0, 0.05) is 0 Å². The van der Waals surface area contributed by atoms with E-state index in [1.807, 2.05) is 26.0 Å². The Morgan fingerprint density at radius 2 is 1.83 bits per heavy atom. The Balaban J connectivity index is 0.000000561. The summed E-state index contributed by atoms with van der Waals surface area (Å²) in [6, 6.07) is 3.74. The minimum absolute atomic E-state index is 0.241. The van der Waals surface area contributed by atoms with Gasteiger partial charge in [-0.3, -0.25) is 0 Å². The lowest BCUT2D eigenvalue weighted by molar-refractivity contribution is 1.24. The van der Waals surface area contributed by atoms with Crippen LogP contribution in [0.4, 0.5) is 0 Å². The highest BCUT2D eigenvalue weighted by Gasteiger charge is 2.05. The number of hydrogen-bond acceptors (Lipinski definition) is 4. The molecule has 0 radical (unpaired) electrons. The van der Waals surface area contributed by atoms with Gasteiger partial charge in [-0.05, 0) is 6.92 Å². The summed E-state index contributed by atoms with van der Waals surface area (Å²) in [5.41, 5.74) is 0.241. The molecule has 4 heteroatoms. The number of nitrogens with zero attached hydrogens (tertiary/aromatic N) is 3. The van der Waals surface area contributed by atoms with E-state index in [0.29, 0.717) is 4.88 Å². The number of thiazole rings is 1. The number of aromatic nitrogens is 1. The van der Waals surface area contributed by atoms with Crippen molar-refractivity contribution in [3.8, 4) is 12.1 Å². The van der Waals surface area contributed by atoms with E-state index in [1.54, 1.807) is 6.92 Å². The van der Waals surface area contributed by atoms with Crippen molar-refractivity contribution in [2.75, 3.05) is 0 Å². The molecule has 0 N–H and O–H groups in total. The minimum Gasteiger partial charge on any atom is -0.229 e. The molecule has 1 aromatic heterocycles. The number of aryl methyl sites for hydroxylation is 1. The Hall–Kier alpha value is -1.39. The van der Waals surface area contributed by atoms with Gasteiger partial charge in [-0.2, -0.15) is 10.5 Å². The second-order valence-electron chi connectivity index (χ2n) is 1.63. The van der Waals surface area contributed by atoms with Gasteiger partial charge < -0.3 is 0 Å². The van der Waals surface area contributed by atoms with E-state index in [9.17, 15) is 0 Å². The topological polar surface area (TPSA) is 60.5 Å². The molecule has 0 aliphatic carbocycles. The predicted molar refractivity (Wildman–Crippen MR) is 47.6 cm³/mol. The summed E-state index contributed by atoms with van der Waals surface area (Å²) in [6.45, 7) is 5.77. The van der Waals surface area contributed by atoms with Gasteiger partial charge in [0.15, 0.2) is 5.69 Å². The molecule has 0 spiro atoms. The highest BCUT2D eigenvalue weighted by Crippen LogP contribution is 2.14. The van der Waals surface area contributed by atoms with Crippen LogP contribution in [0.25, 0.3) is 0 Å². The van der Waals surface area contributed by atoms with E-state index in [1.165, 1.54) is 11.3 Å². The number of rotatable bonds is 0. The van der Waals surface area contributed by atoms with Crippen LogP contribution in [0.3, 0.4) is 0 Å². The molecule has 0 aliphatic heterocycles. The normalized spacial score (nSPS) is 7.42. The van der Waals surface area contributed by atoms with E-state index in [-0.39, 0.29) is 5.69 Å². The molecule has 1 rings (SSSR count). The molecule has 0 saturated carbocycles. The summed E-state index contributed by atoms with van der Waals surface area (Å²) >= 11 is 1.24. The van der Waals surface area contributed by atoms with Gasteiger partial charge in [0.05, 0.1) is 5.01 Å². The second kappa shape index (κ2) is 5.29. The van der Waals surface area contributed by atoms with Crippen LogP contribution in [0, 0.1) is 29.6 Å². The van der Waals surface area contributed by atoms with Crippen LogP contribution in [0.15, 0.2) is 0 Å². The second-order valence-corrected chi connectivity index (χ2v) is 2.84. The largest absolute Gasteiger partial charge is 0.229 e. The summed E-state index contributed by atoms with van der Waals surface area (Å²) in [5.74, 6) is 0. The van der Waals surface area contributed by atoms with E-state index in [2.05, 4.69) is 4.98 Å². The Labute approximate surface area is 75.9 Å². The maximum Gasteiger partial charge on any atom is 0.169 e. The zero-order valence-electron chi connectivity index (χ0n) is 7.25. The van der Waals surface area contributed by atoms with Crippen molar-refractivity contribution in [2.45, 2.75) is 20.8 Å². The fraction of sp³-hybridized carbons (Fsp3) is 0.375. The Bertz CT molecular complexity index is 296. The summed E-state index contributed by atoms with van der Waals surface area (Å²) in [4.78, 5) is 4.24. The molecule has 0 saturated heterocycles. The van der Waals surface area contributed by atoms with Crippen LogP contribution < -0.4 is 0 Å². The fourth-order valence-corrected chi connectivity index (χ4v) is 1.24. The Kier molecular flexibility index (Phi) is 4.67. The van der Waals surface area contributed by atoms with E-state index >= 15 is 0 Å². The third-order valence-corrected chi connectivity index (χ3v) is 1.82. The average Bonchev–Trinajstić information content (AvgIpc) is 2.49. The molecule has 0 amide bonds. The van der Waals surface area contributed by atoms with Crippen molar-refractivity contribution in [2.24, 2.45) is 0 Å². The van der Waals surface area contributed by atoms with Gasteiger partial charge in [-0.1, -0.05) is 13.8 Å². The molecule has 1 aromatic rings. The number of nitriles is 2. The van der Waals surface area contributed by atoms with Crippen molar-refractivity contribution in [3.63, 3.8) is 0 Å². The number of hydrogen-bond donors (Lipinski definition) is 0. The molecule has 62 valence electrons. The highest BCUT2D eigenvalue weighted by molar-refractivity contribution is 7.12. The SMILES string of the molecule is CC.Cc1nc(C#N)c(C#N)s1. The molecule has 0 fully saturated rings. The third kappa shape index (κ3) is 2.34. The first-order valence-electron chi connectivity index (χ1n) is 3.55. The third-order valence-electron chi connectivity index (χ3n) is 0.942. The van der Waals surface area contributed by atoms with Crippen LogP contribution in [0.2, 0.25) is 0 Å². The van der Waals surface area contributed by atoms with Crippen molar-refractivity contribution in [3.05, 3.63) is 15.6 Å². The molecule has 0 aliphatic rings. The molecule has 3 nitrogen and oxygen atoms in total. The highest BCUT2D eigenvalue weighted by atomic mass is 32.1. The van der Waals surface area contributed by atoms with Gasteiger partial charge in [0.25, 0.3) is 0 Å². The molecular formula is C8H9N3S. The van der Waals surface area contributed by atoms with Crippen LogP contribution in [0.1, 0.15) is 29.4 Å². The first-order valence-corrected chi connectivity index (χ1v) is 4.37. The van der Waals surface area contributed by atoms with Gasteiger partial charge in [-0.15, -0.1) is 11.3 Å². The van der Waals surface area contributed by atoms with Crippen LogP contribution in [-0.4, -0.2) is 4.98 Å². The van der Waals surface area contributed by atoms with Gasteiger partial charge >= 0.3 is 0 Å². The summed E-state index contributed by atoms with van der Waals surface area (Å²) in [7, 11) is 0. The summed E-state index contributed by atoms with van der Waals surface area (Å²) < 4.78 is 0. The first-order chi connectivity index (χ1) is 5.77. The molecule has 0 unspecified atom stereocenters. The maximum absolute atomic E-state index is 8.43. The Morgan fingerprint density at radius 3 is 2.17 bits per heavy atom. The van der Waals surface area contributed by atoms with Gasteiger partial charge in [-0.25, -0.2) is 4.98 Å². The zero-order chi connectivity index (χ0) is 9.56. The van der Waals surface area contributed by atoms with E-state index in [0.717, 1.165) is 5.01 Å². The lowest BCUT2D eigenvalue weighted by atomic mass is 10.4. The van der Waals surface area contributed by atoms with Crippen molar-refractivity contribution in [1.82, 2.24) is 4.98 Å². The van der Waals surface area contributed by atoms with E-state index in [4.69, 9.17) is 10.5 Å². The van der Waals surface area contributed by atoms with E-state index < -0.39 is 0 Å². The van der Waals surface area contributed by atoms with Crippen molar-refractivity contribution >= 4 is 11.3 Å². The van der Waals surface area contributed by atoms with Crippen LogP contribution in [0.5, 0.6) is 0 Å². The van der Waals surface area contributed by atoms with Crippen LogP contribution >= 0.6 is 11.3 Å². The van der Waals surface area contributed by atoms with Gasteiger partial charge in [0.2, 0.25) is 0 Å². The summed E-state index contributed by atoms with van der Waals surface area (Å²) in [6.07, 6.45) is 0. The molecule has 0 bridgehead atoms. The summed E-state index contributed by atoms with van der Waals surface area (Å²) in [5, 5.41) is 17.6. The lowest BCUT2D eigenvalue weighted by Gasteiger charge is -1.71. The fourth-order valence-electron chi connectivity index (χ4n) is 0.579. The van der Waals surface area contributed by atoms with Crippen molar-refractivity contribution in [1.29, 1.82) is 10.5 Å². The van der Waals surface area contributed by atoms with Crippen LogP contribution in [-0.2, 0) is 0 Å². The predicted octanol–water partition coefficient (Wildman–Crippen LogP) is 2.22. The first kappa shape index (κ1) is 10.6. The zero-order valence-corrected chi connectivity index (χ0v) is 8.07. The maximum atomic E-state index is 8.43. The minimum atomic E-state index is 0.241. The average molecular weight is 179 g/mol. The quantitative estimate of drug-likeness (QED) is 0.613. The Morgan fingerprint density at radius 1 is 1.25 bits per heavy atom. The lowest BCUT2D eigenvalue weighted by Crippen LogP contribution is -1.75. The monoisotopic (exact) mass is 179 g/mol. The molecule has 0 aromatic carbocycles. The standard InChI is InChI=1S/C6H3N3S.C2H6/c1-4-9-5(2-7)6(3-8)10-4;1-2/h1H3;1-2H3. The molecular weight excluding hydrogens is 170 g/mol.